The molecular weight excluding hydrogens is 491 g/mol. The summed E-state index contributed by atoms with van der Waals surface area (Å²) in [7, 11) is -6.71. The molecule has 0 N–H and O–H groups in total. The summed E-state index contributed by atoms with van der Waals surface area (Å²) in [5.41, 5.74) is 4.59. The zero-order valence-corrected chi connectivity index (χ0v) is 21.7. The van der Waals surface area contributed by atoms with E-state index in [-0.39, 0.29) is 15.6 Å². The minimum Gasteiger partial charge on any atom is -0.224 e. The summed E-state index contributed by atoms with van der Waals surface area (Å²) in [6, 6.07) is 16.7. The van der Waals surface area contributed by atoms with Gasteiger partial charge in [0, 0.05) is 18.3 Å². The van der Waals surface area contributed by atoms with Crippen molar-refractivity contribution in [1.82, 2.24) is 0 Å². The molecule has 34 heavy (non-hydrogen) atoms. The summed E-state index contributed by atoms with van der Waals surface area (Å²) in [6.07, 6.45) is 2.35. The van der Waals surface area contributed by atoms with Gasteiger partial charge in [-0.2, -0.15) is 0 Å². The van der Waals surface area contributed by atoms with Crippen molar-refractivity contribution in [2.75, 3.05) is 18.3 Å². The Balaban J connectivity index is 1.99. The fraction of sp³-hybridized carbons (Fsp3) is 0.231. The predicted octanol–water partition coefficient (Wildman–Crippen LogP) is 5.32. The molecule has 0 spiro atoms. The van der Waals surface area contributed by atoms with E-state index in [1.807, 2.05) is 19.9 Å². The van der Waals surface area contributed by atoms with Gasteiger partial charge < -0.3 is 0 Å². The van der Waals surface area contributed by atoms with Crippen molar-refractivity contribution in [2.24, 2.45) is 0 Å². The van der Waals surface area contributed by atoms with Crippen LogP contribution < -0.4 is 0 Å². The first kappa shape index (κ1) is 24.7. The third-order valence-electron chi connectivity index (χ3n) is 6.29. The van der Waals surface area contributed by atoms with Crippen LogP contribution in [0.1, 0.15) is 27.8 Å². The lowest BCUT2D eigenvalue weighted by atomic mass is 9.67. The Kier molecular flexibility index (Phi) is 6.29. The molecule has 3 aromatic carbocycles. The minimum atomic E-state index is -3.37. The van der Waals surface area contributed by atoms with E-state index < -0.39 is 25.1 Å². The maximum atomic E-state index is 14.1. The molecule has 0 aliphatic carbocycles. The third-order valence-corrected chi connectivity index (χ3v) is 9.53. The van der Waals surface area contributed by atoms with Crippen LogP contribution in [0.3, 0.4) is 0 Å². The molecule has 0 saturated carbocycles. The third kappa shape index (κ3) is 4.34. The average molecular weight is 517 g/mol. The van der Waals surface area contributed by atoms with Gasteiger partial charge >= 0.3 is 0 Å². The number of halogens is 1. The quantitative estimate of drug-likeness (QED) is 0.459. The number of hydrogen-bond acceptors (Lipinski definition) is 5. The lowest BCUT2D eigenvalue weighted by Crippen LogP contribution is -2.32. The van der Waals surface area contributed by atoms with Gasteiger partial charge in [0.1, 0.15) is 5.82 Å². The minimum absolute atomic E-state index is 0.236. The molecule has 1 unspecified atom stereocenters. The second kappa shape index (κ2) is 8.66. The number of hydrogen-bond donors (Lipinski definition) is 0. The highest BCUT2D eigenvalue weighted by atomic mass is 32.2. The Morgan fingerprint density at radius 1 is 0.765 bits per heavy atom. The first-order valence-corrected chi connectivity index (χ1v) is 15.4. The first-order chi connectivity index (χ1) is 15.8. The van der Waals surface area contributed by atoms with Gasteiger partial charge in [-0.15, -0.1) is 11.8 Å². The lowest BCUT2D eigenvalue weighted by molar-refractivity contribution is 0.600. The topological polar surface area (TPSA) is 68.3 Å². The van der Waals surface area contributed by atoms with E-state index in [2.05, 4.69) is 5.41 Å². The van der Waals surface area contributed by atoms with Gasteiger partial charge in [-0.05, 0) is 89.0 Å². The first-order valence-electron chi connectivity index (χ1n) is 10.5. The van der Waals surface area contributed by atoms with E-state index >= 15 is 0 Å². The van der Waals surface area contributed by atoms with Gasteiger partial charge in [0.25, 0.3) is 0 Å². The predicted molar refractivity (Wildman–Crippen MR) is 136 cm³/mol. The standard InChI is InChI=1S/C26H25FO4S3/c1-17-13-20(27)7-11-23(17)26(24-12-10-22(14-18(24)2)34(4,30)31)16-32-15-25(26)19-5-8-21(9-6-19)33(3,28)29/h5-15H,16H2,1-4H3. The fourth-order valence-electron chi connectivity index (χ4n) is 4.67. The van der Waals surface area contributed by atoms with E-state index in [1.165, 1.54) is 24.6 Å². The molecule has 4 rings (SSSR count). The molecule has 0 amide bonds. The number of rotatable bonds is 5. The van der Waals surface area contributed by atoms with Crippen LogP contribution in [0.2, 0.25) is 0 Å². The van der Waals surface area contributed by atoms with Crippen molar-refractivity contribution in [3.05, 3.63) is 99.7 Å². The van der Waals surface area contributed by atoms with Gasteiger partial charge in [-0.1, -0.05) is 24.3 Å². The smallest absolute Gasteiger partial charge is 0.175 e. The maximum absolute atomic E-state index is 14.1. The molecule has 4 nitrogen and oxygen atoms in total. The Morgan fingerprint density at radius 2 is 1.29 bits per heavy atom. The summed E-state index contributed by atoms with van der Waals surface area (Å²) in [4.78, 5) is 0.480. The average Bonchev–Trinajstić information content (AvgIpc) is 3.18. The second-order valence-electron chi connectivity index (χ2n) is 8.75. The van der Waals surface area contributed by atoms with Crippen LogP contribution in [-0.2, 0) is 25.1 Å². The highest BCUT2D eigenvalue weighted by Crippen LogP contribution is 2.53. The molecule has 1 aliphatic rings. The number of aryl methyl sites for hydroxylation is 2. The molecular formula is C26H25FO4S3. The molecule has 3 aromatic rings. The van der Waals surface area contributed by atoms with Crippen LogP contribution in [0.4, 0.5) is 4.39 Å². The number of allylic oxidation sites excluding steroid dienone is 1. The van der Waals surface area contributed by atoms with Gasteiger partial charge in [-0.25, -0.2) is 21.2 Å². The highest BCUT2D eigenvalue weighted by molar-refractivity contribution is 8.02. The largest absolute Gasteiger partial charge is 0.224 e. The van der Waals surface area contributed by atoms with Crippen molar-refractivity contribution in [3.8, 4) is 0 Å². The molecule has 0 aromatic heterocycles. The highest BCUT2D eigenvalue weighted by Gasteiger charge is 2.44. The summed E-state index contributed by atoms with van der Waals surface area (Å²) in [5.74, 6) is 0.316. The van der Waals surface area contributed by atoms with Crippen LogP contribution >= 0.6 is 11.8 Å². The summed E-state index contributed by atoms with van der Waals surface area (Å²) >= 11 is 1.62. The lowest BCUT2D eigenvalue weighted by Gasteiger charge is -2.36. The van der Waals surface area contributed by atoms with E-state index in [0.717, 1.165) is 33.4 Å². The van der Waals surface area contributed by atoms with E-state index in [1.54, 1.807) is 54.2 Å². The van der Waals surface area contributed by atoms with Crippen LogP contribution in [0.15, 0.2) is 75.9 Å². The van der Waals surface area contributed by atoms with Gasteiger partial charge in [-0.3, -0.25) is 0 Å². The monoisotopic (exact) mass is 516 g/mol. The summed E-state index contributed by atoms with van der Waals surface area (Å²) in [6.45, 7) is 3.76. The van der Waals surface area contributed by atoms with E-state index in [9.17, 15) is 21.2 Å². The van der Waals surface area contributed by atoms with Gasteiger partial charge in [0.15, 0.2) is 19.7 Å². The summed E-state index contributed by atoms with van der Waals surface area (Å²) in [5, 5.41) is 2.06. The van der Waals surface area contributed by atoms with E-state index in [4.69, 9.17) is 0 Å². The SMILES string of the molecule is Cc1cc(F)ccc1C1(c2ccc(S(C)(=O)=O)cc2C)CSC=C1c1ccc(S(C)(=O)=O)cc1. The molecule has 0 saturated heterocycles. The second-order valence-corrected chi connectivity index (χ2v) is 13.6. The Morgan fingerprint density at radius 3 is 1.82 bits per heavy atom. The molecule has 0 fully saturated rings. The maximum Gasteiger partial charge on any atom is 0.175 e. The molecule has 8 heteroatoms. The zero-order valence-electron chi connectivity index (χ0n) is 19.3. The Hall–Kier alpha value is -2.42. The van der Waals surface area contributed by atoms with Crippen LogP contribution in [0, 0.1) is 19.7 Å². The van der Waals surface area contributed by atoms with Crippen molar-refractivity contribution < 1.29 is 21.2 Å². The fourth-order valence-corrected chi connectivity index (χ4v) is 7.31. The number of sulfone groups is 2. The number of thioether (sulfide) groups is 1. The van der Waals surface area contributed by atoms with E-state index in [0.29, 0.717) is 5.75 Å². The molecule has 1 atom stereocenters. The summed E-state index contributed by atoms with van der Waals surface area (Å²) < 4.78 is 62.3. The molecule has 178 valence electrons. The van der Waals surface area contributed by atoms with Crippen LogP contribution in [0.5, 0.6) is 0 Å². The van der Waals surface area contributed by atoms with Crippen molar-refractivity contribution in [1.29, 1.82) is 0 Å². The molecule has 1 heterocycles. The Labute approximate surface area is 204 Å². The molecule has 0 bridgehead atoms. The van der Waals surface area contributed by atoms with Crippen LogP contribution in [-0.4, -0.2) is 35.1 Å². The van der Waals surface area contributed by atoms with Crippen molar-refractivity contribution in [3.63, 3.8) is 0 Å². The van der Waals surface area contributed by atoms with Gasteiger partial charge in [0.05, 0.1) is 15.2 Å². The zero-order chi connectivity index (χ0) is 24.9. The molecule has 1 aliphatic heterocycles. The van der Waals surface area contributed by atoms with Crippen molar-refractivity contribution >= 4 is 37.0 Å². The van der Waals surface area contributed by atoms with Gasteiger partial charge in [0.2, 0.25) is 0 Å². The Bertz CT molecular complexity index is 1520. The van der Waals surface area contributed by atoms with Crippen LogP contribution in [0.25, 0.3) is 5.57 Å². The number of benzene rings is 3. The molecule has 0 radical (unpaired) electrons. The van der Waals surface area contributed by atoms with Crippen molar-refractivity contribution in [2.45, 2.75) is 29.1 Å². The normalized spacial score (nSPS) is 18.7.